The number of nitrogens with two attached hydrogens (primary N) is 1. The second kappa shape index (κ2) is 6.85. The zero-order valence-corrected chi connectivity index (χ0v) is 7.33. The Bertz CT molecular complexity index is 145. The van der Waals surface area contributed by atoms with Crippen molar-refractivity contribution >= 4 is 5.97 Å². The SMILES string of the molecule is C=CCCC(CCCN)C(=O)O. The number of allylic oxidation sites excluding steroid dienone is 1. The molecular formula is C9H17NO2. The summed E-state index contributed by atoms with van der Waals surface area (Å²) in [5.41, 5.74) is 5.29. The summed E-state index contributed by atoms with van der Waals surface area (Å²) in [4.78, 5) is 10.6. The molecule has 0 fully saturated rings. The average Bonchev–Trinajstić information content (AvgIpc) is 2.04. The van der Waals surface area contributed by atoms with Crippen molar-refractivity contribution in [3.05, 3.63) is 12.7 Å². The smallest absolute Gasteiger partial charge is 0.306 e. The molecule has 0 heterocycles. The molecular weight excluding hydrogens is 154 g/mol. The molecule has 0 aromatic rings. The molecule has 0 aromatic carbocycles. The van der Waals surface area contributed by atoms with Crippen LogP contribution in [0.2, 0.25) is 0 Å². The van der Waals surface area contributed by atoms with Crippen LogP contribution in [0.15, 0.2) is 12.7 Å². The standard InChI is InChI=1S/C9H17NO2/c1-2-3-5-8(9(11)12)6-4-7-10/h2,8H,1,3-7,10H2,(H,11,12). The summed E-state index contributed by atoms with van der Waals surface area (Å²) >= 11 is 0. The lowest BCUT2D eigenvalue weighted by molar-refractivity contribution is -0.142. The highest BCUT2D eigenvalue weighted by atomic mass is 16.4. The fourth-order valence-corrected chi connectivity index (χ4v) is 1.07. The highest BCUT2D eigenvalue weighted by Gasteiger charge is 2.14. The summed E-state index contributed by atoms with van der Waals surface area (Å²) < 4.78 is 0. The molecule has 0 aliphatic rings. The maximum Gasteiger partial charge on any atom is 0.306 e. The predicted molar refractivity (Wildman–Crippen MR) is 48.8 cm³/mol. The second-order valence-corrected chi connectivity index (χ2v) is 2.83. The lowest BCUT2D eigenvalue weighted by Crippen LogP contribution is -2.15. The molecule has 3 N–H and O–H groups in total. The number of hydrogen-bond acceptors (Lipinski definition) is 2. The third-order valence-electron chi connectivity index (χ3n) is 1.83. The van der Waals surface area contributed by atoms with E-state index in [1.54, 1.807) is 6.08 Å². The summed E-state index contributed by atoms with van der Waals surface area (Å²) in [6, 6.07) is 0. The number of rotatable bonds is 7. The first-order valence-electron chi connectivity index (χ1n) is 4.26. The van der Waals surface area contributed by atoms with Gasteiger partial charge < -0.3 is 10.8 Å². The van der Waals surface area contributed by atoms with Crippen molar-refractivity contribution in [3.8, 4) is 0 Å². The Balaban J connectivity index is 3.69. The van der Waals surface area contributed by atoms with E-state index in [0.717, 1.165) is 12.8 Å². The van der Waals surface area contributed by atoms with E-state index in [4.69, 9.17) is 10.8 Å². The van der Waals surface area contributed by atoms with Gasteiger partial charge in [-0.3, -0.25) is 4.79 Å². The molecule has 0 saturated heterocycles. The molecule has 70 valence electrons. The average molecular weight is 171 g/mol. The zero-order valence-electron chi connectivity index (χ0n) is 7.33. The minimum absolute atomic E-state index is 0.244. The lowest BCUT2D eigenvalue weighted by Gasteiger charge is -2.09. The Hall–Kier alpha value is -0.830. The quantitative estimate of drug-likeness (QED) is 0.569. The molecule has 3 nitrogen and oxygen atoms in total. The lowest BCUT2D eigenvalue weighted by atomic mass is 9.98. The van der Waals surface area contributed by atoms with Gasteiger partial charge >= 0.3 is 5.97 Å². The molecule has 0 aliphatic heterocycles. The van der Waals surface area contributed by atoms with Crippen LogP contribution in [0.1, 0.15) is 25.7 Å². The van der Waals surface area contributed by atoms with Crippen molar-refractivity contribution in [3.63, 3.8) is 0 Å². The van der Waals surface area contributed by atoms with Crippen LogP contribution in [0.5, 0.6) is 0 Å². The van der Waals surface area contributed by atoms with Gasteiger partial charge in [-0.05, 0) is 32.2 Å². The van der Waals surface area contributed by atoms with Gasteiger partial charge in [0.25, 0.3) is 0 Å². The number of hydrogen-bond donors (Lipinski definition) is 2. The Morgan fingerprint density at radius 2 is 2.25 bits per heavy atom. The molecule has 12 heavy (non-hydrogen) atoms. The summed E-state index contributed by atoms with van der Waals surface area (Å²) in [6.45, 7) is 4.12. The molecule has 3 heteroatoms. The minimum atomic E-state index is -0.717. The molecule has 0 bridgehead atoms. The van der Waals surface area contributed by atoms with Gasteiger partial charge in [-0.25, -0.2) is 0 Å². The highest BCUT2D eigenvalue weighted by molar-refractivity contribution is 5.69. The first kappa shape index (κ1) is 11.2. The van der Waals surface area contributed by atoms with Crippen LogP contribution in [-0.2, 0) is 4.79 Å². The number of carbonyl (C=O) groups is 1. The highest BCUT2D eigenvalue weighted by Crippen LogP contribution is 2.13. The van der Waals surface area contributed by atoms with Crippen LogP contribution in [-0.4, -0.2) is 17.6 Å². The molecule has 0 amide bonds. The van der Waals surface area contributed by atoms with E-state index in [1.807, 2.05) is 0 Å². The second-order valence-electron chi connectivity index (χ2n) is 2.83. The van der Waals surface area contributed by atoms with Crippen molar-refractivity contribution < 1.29 is 9.90 Å². The number of aliphatic carboxylic acids is 1. The zero-order chi connectivity index (χ0) is 9.40. The van der Waals surface area contributed by atoms with E-state index in [1.165, 1.54) is 0 Å². The van der Waals surface area contributed by atoms with Crippen LogP contribution in [0.3, 0.4) is 0 Å². The maximum atomic E-state index is 10.6. The molecule has 1 unspecified atom stereocenters. The van der Waals surface area contributed by atoms with Gasteiger partial charge in [0.05, 0.1) is 5.92 Å². The molecule has 0 aromatic heterocycles. The molecule has 0 spiro atoms. The topological polar surface area (TPSA) is 63.3 Å². The third kappa shape index (κ3) is 4.91. The largest absolute Gasteiger partial charge is 0.481 e. The van der Waals surface area contributed by atoms with Crippen LogP contribution in [0.25, 0.3) is 0 Å². The third-order valence-corrected chi connectivity index (χ3v) is 1.83. The summed E-state index contributed by atoms with van der Waals surface area (Å²) in [7, 11) is 0. The van der Waals surface area contributed by atoms with Crippen molar-refractivity contribution in [2.45, 2.75) is 25.7 Å². The number of carboxylic acids is 1. The molecule has 0 rings (SSSR count). The van der Waals surface area contributed by atoms with Crippen LogP contribution >= 0.6 is 0 Å². The van der Waals surface area contributed by atoms with Gasteiger partial charge in [-0.15, -0.1) is 6.58 Å². The van der Waals surface area contributed by atoms with E-state index in [-0.39, 0.29) is 5.92 Å². The van der Waals surface area contributed by atoms with E-state index in [2.05, 4.69) is 6.58 Å². The van der Waals surface area contributed by atoms with Gasteiger partial charge in [0, 0.05) is 0 Å². The Labute approximate surface area is 73.3 Å². The van der Waals surface area contributed by atoms with E-state index in [9.17, 15) is 4.79 Å². The van der Waals surface area contributed by atoms with Crippen LogP contribution < -0.4 is 5.73 Å². The van der Waals surface area contributed by atoms with Gasteiger partial charge in [0.1, 0.15) is 0 Å². The van der Waals surface area contributed by atoms with E-state index in [0.29, 0.717) is 19.4 Å². The molecule has 1 atom stereocenters. The summed E-state index contributed by atoms with van der Waals surface area (Å²) in [5.74, 6) is -0.961. The Kier molecular flexibility index (Phi) is 6.38. The fourth-order valence-electron chi connectivity index (χ4n) is 1.07. The molecule has 0 radical (unpaired) electrons. The van der Waals surface area contributed by atoms with Gasteiger partial charge in [0.2, 0.25) is 0 Å². The van der Waals surface area contributed by atoms with E-state index >= 15 is 0 Å². The van der Waals surface area contributed by atoms with Crippen LogP contribution in [0, 0.1) is 5.92 Å². The van der Waals surface area contributed by atoms with Crippen molar-refractivity contribution in [1.82, 2.24) is 0 Å². The predicted octanol–water partition coefficient (Wildman–Crippen LogP) is 1.39. The maximum absolute atomic E-state index is 10.6. The first-order valence-corrected chi connectivity index (χ1v) is 4.26. The van der Waals surface area contributed by atoms with Gasteiger partial charge in [0.15, 0.2) is 0 Å². The Morgan fingerprint density at radius 3 is 2.67 bits per heavy atom. The van der Waals surface area contributed by atoms with Crippen LogP contribution in [0.4, 0.5) is 0 Å². The van der Waals surface area contributed by atoms with Crippen molar-refractivity contribution in [2.75, 3.05) is 6.54 Å². The summed E-state index contributed by atoms with van der Waals surface area (Å²) in [6.07, 6.45) is 4.66. The minimum Gasteiger partial charge on any atom is -0.481 e. The molecule has 0 saturated carbocycles. The van der Waals surface area contributed by atoms with Crippen molar-refractivity contribution in [1.29, 1.82) is 0 Å². The van der Waals surface area contributed by atoms with E-state index < -0.39 is 5.97 Å². The normalized spacial score (nSPS) is 12.4. The van der Waals surface area contributed by atoms with Crippen molar-refractivity contribution in [2.24, 2.45) is 11.7 Å². The first-order chi connectivity index (χ1) is 5.72. The molecule has 0 aliphatic carbocycles. The Morgan fingerprint density at radius 1 is 1.58 bits per heavy atom. The fraction of sp³-hybridized carbons (Fsp3) is 0.667. The monoisotopic (exact) mass is 171 g/mol. The number of carboxylic acid groups (broad SMARTS) is 1. The van der Waals surface area contributed by atoms with Gasteiger partial charge in [-0.1, -0.05) is 6.08 Å². The van der Waals surface area contributed by atoms with Gasteiger partial charge in [-0.2, -0.15) is 0 Å². The summed E-state index contributed by atoms with van der Waals surface area (Å²) in [5, 5.41) is 8.75.